The van der Waals surface area contributed by atoms with Crippen molar-refractivity contribution in [2.24, 2.45) is 0 Å². The van der Waals surface area contributed by atoms with E-state index in [1.807, 2.05) is 6.07 Å². The fourth-order valence-corrected chi connectivity index (χ4v) is 3.18. The highest BCUT2D eigenvalue weighted by atomic mass is 19.3. The van der Waals surface area contributed by atoms with Crippen LogP contribution in [0.5, 0.6) is 0 Å². The largest absolute Gasteiger partial charge is 0.325 e. The van der Waals surface area contributed by atoms with Gasteiger partial charge in [0.1, 0.15) is 17.6 Å². The number of carbonyl (C=O) groups excluding carboxylic acids is 2. The molecular formula is C24H20F3N5O2. The molecule has 2 aromatic heterocycles. The number of nitrogens with zero attached hydrogens (tertiary/aromatic N) is 4. The average molecular weight is 467 g/mol. The van der Waals surface area contributed by atoms with Crippen LogP contribution in [0.4, 0.5) is 24.5 Å². The van der Waals surface area contributed by atoms with Crippen LogP contribution in [0.3, 0.4) is 0 Å². The number of benzene rings is 1. The van der Waals surface area contributed by atoms with Crippen molar-refractivity contribution in [1.82, 2.24) is 9.97 Å². The second kappa shape index (κ2) is 11.0. The fraction of sp³-hybridized carbons (Fsp3) is 0.208. The van der Waals surface area contributed by atoms with E-state index in [4.69, 9.17) is 5.26 Å². The molecule has 0 aliphatic rings. The molecule has 2 amide bonds. The van der Waals surface area contributed by atoms with Crippen molar-refractivity contribution in [3.8, 4) is 17.3 Å². The van der Waals surface area contributed by atoms with E-state index in [-0.39, 0.29) is 18.0 Å². The van der Waals surface area contributed by atoms with Crippen molar-refractivity contribution in [2.75, 3.05) is 16.8 Å². The van der Waals surface area contributed by atoms with Gasteiger partial charge in [0.05, 0.1) is 29.8 Å². The van der Waals surface area contributed by atoms with Crippen LogP contribution in [-0.4, -0.2) is 34.8 Å². The van der Waals surface area contributed by atoms with Gasteiger partial charge >= 0.3 is 0 Å². The number of hydrogen-bond acceptors (Lipinski definition) is 5. The third-order valence-corrected chi connectivity index (χ3v) is 4.86. The molecule has 0 saturated carbocycles. The molecule has 0 fully saturated rings. The van der Waals surface area contributed by atoms with Gasteiger partial charge in [-0.05, 0) is 42.3 Å². The van der Waals surface area contributed by atoms with Gasteiger partial charge < -0.3 is 10.2 Å². The first-order chi connectivity index (χ1) is 16.3. The minimum atomic E-state index is -2.80. The lowest BCUT2D eigenvalue weighted by Gasteiger charge is -2.21. The maximum absolute atomic E-state index is 14.6. The number of hydrogen-bond donors (Lipinski definition) is 1. The number of amides is 2. The predicted octanol–water partition coefficient (Wildman–Crippen LogP) is 4.34. The second-order valence-corrected chi connectivity index (χ2v) is 7.33. The molecule has 0 aliphatic heterocycles. The normalized spacial score (nSPS) is 10.6. The van der Waals surface area contributed by atoms with Crippen LogP contribution in [-0.2, 0) is 16.0 Å². The molecule has 0 atom stereocenters. The van der Waals surface area contributed by atoms with Gasteiger partial charge in [0.2, 0.25) is 11.8 Å². The summed E-state index contributed by atoms with van der Waals surface area (Å²) in [6.45, 7) is 0.186. The zero-order valence-electron chi connectivity index (χ0n) is 18.1. The summed E-state index contributed by atoms with van der Waals surface area (Å²) in [6, 6.07) is 12.3. The second-order valence-electron chi connectivity index (χ2n) is 7.33. The lowest BCUT2D eigenvalue weighted by atomic mass is 10.1. The molecule has 3 aromatic rings. The number of nitriles is 1. The molecule has 2 heterocycles. The summed E-state index contributed by atoms with van der Waals surface area (Å²) >= 11 is 0. The monoisotopic (exact) mass is 467 g/mol. The Bertz CT molecular complexity index is 1210. The van der Waals surface area contributed by atoms with Gasteiger partial charge in [-0.3, -0.25) is 14.6 Å². The Morgan fingerprint density at radius 3 is 2.47 bits per heavy atom. The van der Waals surface area contributed by atoms with E-state index in [0.717, 1.165) is 18.6 Å². The van der Waals surface area contributed by atoms with E-state index < -0.39 is 24.7 Å². The van der Waals surface area contributed by atoms with Crippen molar-refractivity contribution in [1.29, 1.82) is 5.26 Å². The lowest BCUT2D eigenvalue weighted by Crippen LogP contribution is -2.33. The number of halogens is 3. The van der Waals surface area contributed by atoms with Gasteiger partial charge in [-0.1, -0.05) is 12.1 Å². The molecule has 174 valence electrons. The summed E-state index contributed by atoms with van der Waals surface area (Å²) in [6.07, 6.45) is 0.822. The highest BCUT2D eigenvalue weighted by Gasteiger charge is 2.20. The molecule has 0 radical (unpaired) electrons. The molecule has 1 aromatic carbocycles. The number of rotatable bonds is 8. The number of alkyl halides is 2. The van der Waals surface area contributed by atoms with E-state index in [1.165, 1.54) is 18.3 Å². The van der Waals surface area contributed by atoms with E-state index in [2.05, 4.69) is 15.3 Å². The molecule has 0 spiro atoms. The molecule has 1 N–H and O–H groups in total. The van der Waals surface area contributed by atoms with Crippen molar-refractivity contribution in [2.45, 2.75) is 26.2 Å². The average Bonchev–Trinajstić information content (AvgIpc) is 2.82. The first-order valence-electron chi connectivity index (χ1n) is 10.2. The highest BCUT2D eigenvalue weighted by Crippen LogP contribution is 2.27. The molecule has 3 rings (SSSR count). The molecule has 0 saturated heterocycles. The Hall–Kier alpha value is -4.26. The summed E-state index contributed by atoms with van der Waals surface area (Å²) in [7, 11) is 0. The number of anilines is 2. The SMILES string of the molecule is CC(=O)N(CC(F)F)c1ccc(-c2ccc(NC(=O)CCc3ccc(C#N)nc3)cn2)cc1F. The molecule has 0 aliphatic carbocycles. The summed E-state index contributed by atoms with van der Waals surface area (Å²) in [4.78, 5) is 32.7. The Balaban J connectivity index is 1.63. The Kier molecular flexibility index (Phi) is 7.92. The molecular weight excluding hydrogens is 447 g/mol. The van der Waals surface area contributed by atoms with Crippen molar-refractivity contribution in [3.63, 3.8) is 0 Å². The van der Waals surface area contributed by atoms with E-state index >= 15 is 0 Å². The standard InChI is InChI=1S/C24H20F3N5O2/c1-15(33)32(14-23(26)27)22-8-4-17(10-20(22)25)21-7-6-19(13-30-21)31-24(34)9-3-16-2-5-18(11-28)29-12-16/h2,4-8,10,12-13,23H,3,9,14H2,1H3,(H,31,34). The molecule has 0 bridgehead atoms. The van der Waals surface area contributed by atoms with Crippen LogP contribution in [0, 0.1) is 17.1 Å². The van der Waals surface area contributed by atoms with Crippen LogP contribution in [0.25, 0.3) is 11.3 Å². The highest BCUT2D eigenvalue weighted by molar-refractivity contribution is 5.92. The van der Waals surface area contributed by atoms with Gasteiger partial charge in [0.25, 0.3) is 6.43 Å². The van der Waals surface area contributed by atoms with Crippen LogP contribution < -0.4 is 10.2 Å². The van der Waals surface area contributed by atoms with Crippen LogP contribution >= 0.6 is 0 Å². The first-order valence-corrected chi connectivity index (χ1v) is 10.2. The molecule has 34 heavy (non-hydrogen) atoms. The van der Waals surface area contributed by atoms with Crippen LogP contribution in [0.1, 0.15) is 24.6 Å². The van der Waals surface area contributed by atoms with Crippen LogP contribution in [0.15, 0.2) is 54.9 Å². The van der Waals surface area contributed by atoms with E-state index in [0.29, 0.717) is 34.0 Å². The fourth-order valence-electron chi connectivity index (χ4n) is 3.18. The predicted molar refractivity (Wildman–Crippen MR) is 120 cm³/mol. The Morgan fingerprint density at radius 1 is 1.12 bits per heavy atom. The molecule has 0 unspecified atom stereocenters. The van der Waals surface area contributed by atoms with Gasteiger partial charge in [-0.15, -0.1) is 0 Å². The maximum Gasteiger partial charge on any atom is 0.256 e. The lowest BCUT2D eigenvalue weighted by molar-refractivity contribution is -0.117. The Labute approximate surface area is 193 Å². The number of aryl methyl sites for hydroxylation is 1. The third-order valence-electron chi connectivity index (χ3n) is 4.86. The van der Waals surface area contributed by atoms with E-state index in [9.17, 15) is 22.8 Å². The van der Waals surface area contributed by atoms with Crippen molar-refractivity contribution >= 4 is 23.2 Å². The van der Waals surface area contributed by atoms with Gasteiger partial charge in [0.15, 0.2) is 0 Å². The number of pyridine rings is 2. The minimum absolute atomic E-state index is 0.202. The Morgan fingerprint density at radius 2 is 1.91 bits per heavy atom. The van der Waals surface area contributed by atoms with Crippen molar-refractivity contribution < 1.29 is 22.8 Å². The number of nitrogens with one attached hydrogen (secondary N) is 1. The van der Waals surface area contributed by atoms with Gasteiger partial charge in [-0.25, -0.2) is 18.2 Å². The summed E-state index contributed by atoms with van der Waals surface area (Å²) in [5.41, 5.74) is 2.12. The molecule has 10 heteroatoms. The summed E-state index contributed by atoms with van der Waals surface area (Å²) in [5.74, 6) is -1.76. The zero-order valence-corrected chi connectivity index (χ0v) is 18.1. The third kappa shape index (κ3) is 6.38. The number of aromatic nitrogens is 2. The number of carbonyl (C=O) groups is 2. The quantitative estimate of drug-likeness (QED) is 0.531. The van der Waals surface area contributed by atoms with E-state index in [1.54, 1.807) is 30.5 Å². The minimum Gasteiger partial charge on any atom is -0.325 e. The van der Waals surface area contributed by atoms with Gasteiger partial charge in [-0.2, -0.15) is 5.26 Å². The topological polar surface area (TPSA) is 99.0 Å². The molecule has 7 nitrogen and oxygen atoms in total. The smallest absolute Gasteiger partial charge is 0.256 e. The first kappa shape index (κ1) is 24.4. The summed E-state index contributed by atoms with van der Waals surface area (Å²) in [5, 5.41) is 11.5. The van der Waals surface area contributed by atoms with Gasteiger partial charge in [0, 0.05) is 25.1 Å². The van der Waals surface area contributed by atoms with Crippen molar-refractivity contribution in [3.05, 3.63) is 71.9 Å². The van der Waals surface area contributed by atoms with Crippen LogP contribution in [0.2, 0.25) is 0 Å². The maximum atomic E-state index is 14.6. The summed E-state index contributed by atoms with van der Waals surface area (Å²) < 4.78 is 40.0. The zero-order chi connectivity index (χ0) is 24.7.